The summed E-state index contributed by atoms with van der Waals surface area (Å²) in [7, 11) is 1.73. The SMILES string of the molecule is CCC(COC)NC(C)c1cc2cc(Br)ccc2o1. The molecule has 3 nitrogen and oxygen atoms in total. The number of rotatable bonds is 6. The summed E-state index contributed by atoms with van der Waals surface area (Å²) in [5.74, 6) is 0.961. The van der Waals surface area contributed by atoms with Gasteiger partial charge in [-0.1, -0.05) is 22.9 Å². The van der Waals surface area contributed by atoms with Crippen LogP contribution in [0.25, 0.3) is 11.0 Å². The Hall–Kier alpha value is -0.840. The van der Waals surface area contributed by atoms with E-state index in [1.165, 1.54) is 0 Å². The minimum Gasteiger partial charge on any atom is -0.459 e. The number of hydrogen-bond donors (Lipinski definition) is 1. The molecule has 104 valence electrons. The van der Waals surface area contributed by atoms with Crippen molar-refractivity contribution in [1.82, 2.24) is 5.32 Å². The molecule has 2 aromatic rings. The lowest BCUT2D eigenvalue weighted by Crippen LogP contribution is -2.34. The Morgan fingerprint density at radius 2 is 2.16 bits per heavy atom. The molecule has 1 heterocycles. The summed E-state index contributed by atoms with van der Waals surface area (Å²) in [6, 6.07) is 8.67. The van der Waals surface area contributed by atoms with Crippen LogP contribution in [0.2, 0.25) is 0 Å². The zero-order valence-electron chi connectivity index (χ0n) is 11.6. The Balaban J connectivity index is 2.14. The maximum Gasteiger partial charge on any atom is 0.134 e. The van der Waals surface area contributed by atoms with Gasteiger partial charge in [0.25, 0.3) is 0 Å². The van der Waals surface area contributed by atoms with Crippen molar-refractivity contribution in [2.24, 2.45) is 0 Å². The third-order valence-corrected chi connectivity index (χ3v) is 3.76. The number of benzene rings is 1. The molecular weight excluding hydrogens is 306 g/mol. The van der Waals surface area contributed by atoms with E-state index in [4.69, 9.17) is 9.15 Å². The topological polar surface area (TPSA) is 34.4 Å². The number of halogens is 1. The molecule has 1 aromatic carbocycles. The summed E-state index contributed by atoms with van der Waals surface area (Å²) < 4.78 is 12.2. The van der Waals surface area contributed by atoms with Gasteiger partial charge in [0, 0.05) is 23.0 Å². The first-order valence-corrected chi connectivity index (χ1v) is 7.37. The molecule has 0 fully saturated rings. The van der Waals surface area contributed by atoms with Crippen molar-refractivity contribution in [3.8, 4) is 0 Å². The molecule has 0 amide bonds. The second-order valence-electron chi connectivity index (χ2n) is 4.78. The number of nitrogens with one attached hydrogen (secondary N) is 1. The molecule has 0 aliphatic rings. The van der Waals surface area contributed by atoms with Gasteiger partial charge in [-0.25, -0.2) is 0 Å². The molecule has 2 unspecified atom stereocenters. The van der Waals surface area contributed by atoms with Crippen LogP contribution in [0.5, 0.6) is 0 Å². The molecule has 1 N–H and O–H groups in total. The first kappa shape index (κ1) is 14.6. The van der Waals surface area contributed by atoms with Gasteiger partial charge < -0.3 is 14.5 Å². The number of ether oxygens (including phenoxy) is 1. The number of fused-ring (bicyclic) bond motifs is 1. The second-order valence-corrected chi connectivity index (χ2v) is 5.70. The van der Waals surface area contributed by atoms with Gasteiger partial charge in [-0.2, -0.15) is 0 Å². The van der Waals surface area contributed by atoms with E-state index in [2.05, 4.69) is 47.2 Å². The van der Waals surface area contributed by atoms with Crippen LogP contribution in [0.3, 0.4) is 0 Å². The molecule has 0 aliphatic heterocycles. The Morgan fingerprint density at radius 3 is 2.84 bits per heavy atom. The first-order valence-electron chi connectivity index (χ1n) is 6.58. The quantitative estimate of drug-likeness (QED) is 0.861. The lowest BCUT2D eigenvalue weighted by atomic mass is 10.1. The Bertz CT molecular complexity index is 538. The Labute approximate surface area is 122 Å². The van der Waals surface area contributed by atoms with Crippen molar-refractivity contribution in [3.05, 3.63) is 34.5 Å². The smallest absolute Gasteiger partial charge is 0.134 e. The summed E-state index contributed by atoms with van der Waals surface area (Å²) in [6.07, 6.45) is 1.03. The summed E-state index contributed by atoms with van der Waals surface area (Å²) in [5.41, 5.74) is 0.923. The summed E-state index contributed by atoms with van der Waals surface area (Å²) in [6.45, 7) is 4.98. The van der Waals surface area contributed by atoms with E-state index in [9.17, 15) is 0 Å². The maximum absolute atomic E-state index is 5.88. The van der Waals surface area contributed by atoms with E-state index < -0.39 is 0 Å². The predicted octanol–water partition coefficient (Wildman–Crippen LogP) is 4.27. The molecule has 19 heavy (non-hydrogen) atoms. The highest BCUT2D eigenvalue weighted by atomic mass is 79.9. The van der Waals surface area contributed by atoms with Gasteiger partial charge >= 0.3 is 0 Å². The number of hydrogen-bond acceptors (Lipinski definition) is 3. The molecule has 4 heteroatoms. The first-order chi connectivity index (χ1) is 9.13. The molecule has 0 saturated heterocycles. The van der Waals surface area contributed by atoms with E-state index >= 15 is 0 Å². The van der Waals surface area contributed by atoms with E-state index in [1.54, 1.807) is 7.11 Å². The van der Waals surface area contributed by atoms with Crippen LogP contribution < -0.4 is 5.32 Å². The fourth-order valence-corrected chi connectivity index (χ4v) is 2.55. The van der Waals surface area contributed by atoms with Crippen molar-refractivity contribution in [3.63, 3.8) is 0 Å². The standard InChI is InChI=1S/C15H20BrNO2/c1-4-13(9-18-3)17-10(2)15-8-11-7-12(16)5-6-14(11)19-15/h5-8,10,13,17H,4,9H2,1-3H3. The Morgan fingerprint density at radius 1 is 1.37 bits per heavy atom. The van der Waals surface area contributed by atoms with Gasteiger partial charge in [0.2, 0.25) is 0 Å². The van der Waals surface area contributed by atoms with Crippen LogP contribution in [0.1, 0.15) is 32.1 Å². The normalized spacial score (nSPS) is 14.7. The lowest BCUT2D eigenvalue weighted by Gasteiger charge is -2.20. The summed E-state index contributed by atoms with van der Waals surface area (Å²) >= 11 is 3.48. The highest BCUT2D eigenvalue weighted by molar-refractivity contribution is 9.10. The van der Waals surface area contributed by atoms with Crippen molar-refractivity contribution in [1.29, 1.82) is 0 Å². The fraction of sp³-hybridized carbons (Fsp3) is 0.467. The van der Waals surface area contributed by atoms with Gasteiger partial charge in [0.05, 0.1) is 12.6 Å². The highest BCUT2D eigenvalue weighted by Gasteiger charge is 2.15. The third-order valence-electron chi connectivity index (χ3n) is 3.27. The largest absolute Gasteiger partial charge is 0.459 e. The van der Waals surface area contributed by atoms with Crippen LogP contribution in [0, 0.1) is 0 Å². The molecule has 2 rings (SSSR count). The average Bonchev–Trinajstić information content (AvgIpc) is 2.81. The van der Waals surface area contributed by atoms with Gasteiger partial charge in [-0.3, -0.25) is 0 Å². The van der Waals surface area contributed by atoms with Gasteiger partial charge in [-0.15, -0.1) is 0 Å². The van der Waals surface area contributed by atoms with Crippen LogP contribution in [0.15, 0.2) is 33.2 Å². The third kappa shape index (κ3) is 3.59. The van der Waals surface area contributed by atoms with E-state index in [0.29, 0.717) is 12.6 Å². The van der Waals surface area contributed by atoms with Crippen LogP contribution >= 0.6 is 15.9 Å². The second kappa shape index (κ2) is 6.55. The maximum atomic E-state index is 5.88. The van der Waals surface area contributed by atoms with Gasteiger partial charge in [0.15, 0.2) is 0 Å². The predicted molar refractivity (Wildman–Crippen MR) is 81.4 cm³/mol. The molecule has 0 saturated carbocycles. The average molecular weight is 326 g/mol. The zero-order valence-corrected chi connectivity index (χ0v) is 13.2. The number of methoxy groups -OCH3 is 1. The van der Waals surface area contributed by atoms with Crippen LogP contribution in [-0.4, -0.2) is 19.8 Å². The fourth-order valence-electron chi connectivity index (χ4n) is 2.17. The van der Waals surface area contributed by atoms with E-state index in [1.807, 2.05) is 12.1 Å². The highest BCUT2D eigenvalue weighted by Crippen LogP contribution is 2.26. The monoisotopic (exact) mass is 325 g/mol. The van der Waals surface area contributed by atoms with E-state index in [0.717, 1.165) is 27.6 Å². The molecule has 0 bridgehead atoms. The molecule has 1 aromatic heterocycles. The van der Waals surface area contributed by atoms with Gasteiger partial charge in [0.1, 0.15) is 11.3 Å². The van der Waals surface area contributed by atoms with Crippen LogP contribution in [-0.2, 0) is 4.74 Å². The molecule has 2 atom stereocenters. The summed E-state index contributed by atoms with van der Waals surface area (Å²) in [4.78, 5) is 0. The minimum atomic E-state index is 0.172. The molecule has 0 spiro atoms. The number of furan rings is 1. The minimum absolute atomic E-state index is 0.172. The van der Waals surface area contributed by atoms with Crippen molar-refractivity contribution < 1.29 is 9.15 Å². The summed E-state index contributed by atoms with van der Waals surface area (Å²) in [5, 5.41) is 4.65. The molecular formula is C15H20BrNO2. The lowest BCUT2D eigenvalue weighted by molar-refractivity contribution is 0.157. The van der Waals surface area contributed by atoms with Crippen molar-refractivity contribution >= 4 is 26.9 Å². The zero-order chi connectivity index (χ0) is 13.8. The van der Waals surface area contributed by atoms with E-state index in [-0.39, 0.29) is 6.04 Å². The van der Waals surface area contributed by atoms with Crippen molar-refractivity contribution in [2.75, 3.05) is 13.7 Å². The van der Waals surface area contributed by atoms with Crippen LogP contribution in [0.4, 0.5) is 0 Å². The molecule has 0 radical (unpaired) electrons. The molecule has 0 aliphatic carbocycles. The van der Waals surface area contributed by atoms with Crippen molar-refractivity contribution in [2.45, 2.75) is 32.4 Å². The van der Waals surface area contributed by atoms with Gasteiger partial charge in [-0.05, 0) is 37.6 Å². The Kier molecular flexibility index (Phi) is 5.02.